The average Bonchev–Trinajstić information content (AvgIpc) is 3.06. The van der Waals surface area contributed by atoms with Crippen LogP contribution < -0.4 is 5.32 Å². The number of carbonyl (C=O) groups is 2. The molecule has 0 aliphatic rings. The molecule has 0 unspecified atom stereocenters. The summed E-state index contributed by atoms with van der Waals surface area (Å²) in [6.07, 6.45) is -4.88. The number of aromatic nitrogens is 2. The molecule has 9 heteroatoms. The summed E-state index contributed by atoms with van der Waals surface area (Å²) < 4.78 is 44.7. The molecule has 0 bridgehead atoms. The number of aryl methyl sites for hydroxylation is 1. The van der Waals surface area contributed by atoms with Crippen LogP contribution in [-0.4, -0.2) is 28.3 Å². The van der Waals surface area contributed by atoms with Gasteiger partial charge in [-0.2, -0.15) is 18.3 Å². The van der Waals surface area contributed by atoms with Gasteiger partial charge in [0.25, 0.3) is 5.91 Å². The lowest BCUT2D eigenvalue weighted by atomic mass is 10.1. The van der Waals surface area contributed by atoms with Crippen molar-refractivity contribution >= 4 is 17.7 Å². The van der Waals surface area contributed by atoms with Crippen LogP contribution in [0, 0.1) is 6.92 Å². The van der Waals surface area contributed by atoms with Crippen LogP contribution in [0.3, 0.4) is 0 Å². The molecule has 1 N–H and O–H groups in total. The van der Waals surface area contributed by atoms with E-state index in [0.29, 0.717) is 11.5 Å². The van der Waals surface area contributed by atoms with Gasteiger partial charge in [0.2, 0.25) is 0 Å². The molecular formula is C21H18F3N3O3. The summed E-state index contributed by atoms with van der Waals surface area (Å²) in [4.78, 5) is 24.1. The van der Waals surface area contributed by atoms with E-state index in [-0.39, 0.29) is 12.0 Å². The van der Waals surface area contributed by atoms with Gasteiger partial charge in [-0.25, -0.2) is 4.68 Å². The summed E-state index contributed by atoms with van der Waals surface area (Å²) in [6, 6.07) is 15.2. The van der Waals surface area contributed by atoms with Crippen molar-refractivity contribution in [1.29, 1.82) is 0 Å². The first-order chi connectivity index (χ1) is 14.2. The summed E-state index contributed by atoms with van der Waals surface area (Å²) in [5.74, 6) is -1.00. The van der Waals surface area contributed by atoms with Gasteiger partial charge in [-0.15, -0.1) is 0 Å². The summed E-state index contributed by atoms with van der Waals surface area (Å²) in [5, 5.41) is 6.93. The van der Waals surface area contributed by atoms with Crippen molar-refractivity contribution in [3.63, 3.8) is 0 Å². The Hall–Kier alpha value is -3.62. The normalized spacial score (nSPS) is 11.2. The number of alkyl halides is 3. The van der Waals surface area contributed by atoms with Gasteiger partial charge < -0.3 is 10.1 Å². The molecule has 30 heavy (non-hydrogen) atoms. The van der Waals surface area contributed by atoms with Crippen LogP contribution in [0.25, 0.3) is 5.69 Å². The first-order valence-corrected chi connectivity index (χ1v) is 8.96. The Morgan fingerprint density at radius 2 is 1.80 bits per heavy atom. The monoisotopic (exact) mass is 417 g/mol. The first-order valence-electron chi connectivity index (χ1n) is 8.96. The zero-order chi connectivity index (χ0) is 21.7. The fraction of sp³-hybridized carbons (Fsp3) is 0.190. The second kappa shape index (κ2) is 8.81. The molecule has 0 aliphatic carbocycles. The molecule has 1 heterocycles. The molecule has 3 aromatic rings. The minimum Gasteiger partial charge on any atom is -0.455 e. The molecule has 0 radical (unpaired) electrons. The zero-order valence-corrected chi connectivity index (χ0v) is 15.9. The second-order valence-corrected chi connectivity index (χ2v) is 6.50. The average molecular weight is 417 g/mol. The van der Waals surface area contributed by atoms with Crippen LogP contribution in [0.4, 0.5) is 19.0 Å². The number of rotatable bonds is 6. The van der Waals surface area contributed by atoms with E-state index in [1.807, 2.05) is 30.3 Å². The number of amides is 1. The highest BCUT2D eigenvalue weighted by atomic mass is 19.4. The lowest BCUT2D eigenvalue weighted by molar-refractivity contribution is -0.146. The number of halogens is 3. The number of nitrogens with zero attached hydrogens (tertiary/aromatic N) is 2. The first kappa shape index (κ1) is 21.1. The van der Waals surface area contributed by atoms with E-state index in [0.717, 1.165) is 17.8 Å². The Balaban J connectivity index is 1.57. The number of ether oxygens (including phenoxy) is 1. The zero-order valence-electron chi connectivity index (χ0n) is 15.9. The van der Waals surface area contributed by atoms with Gasteiger partial charge in [0, 0.05) is 6.07 Å². The van der Waals surface area contributed by atoms with Crippen LogP contribution in [0.1, 0.15) is 16.8 Å². The van der Waals surface area contributed by atoms with Gasteiger partial charge in [-0.05, 0) is 30.7 Å². The lowest BCUT2D eigenvalue weighted by Gasteiger charge is -2.10. The number of esters is 1. The van der Waals surface area contributed by atoms with E-state index in [9.17, 15) is 22.8 Å². The maximum atomic E-state index is 12.7. The van der Waals surface area contributed by atoms with Crippen molar-refractivity contribution in [2.75, 3.05) is 11.9 Å². The molecule has 1 amide bonds. The third-order valence-electron chi connectivity index (χ3n) is 4.07. The summed E-state index contributed by atoms with van der Waals surface area (Å²) >= 11 is 0. The number of hydrogen-bond acceptors (Lipinski definition) is 4. The fourth-order valence-corrected chi connectivity index (χ4v) is 2.75. The van der Waals surface area contributed by atoms with Crippen molar-refractivity contribution in [3.8, 4) is 5.69 Å². The minimum absolute atomic E-state index is 0.146. The molecule has 2 aromatic carbocycles. The SMILES string of the molecule is Cc1cc(NC(=O)COC(=O)Cc2cccc(C(F)(F)F)c2)n(-c2ccccc2)n1. The van der Waals surface area contributed by atoms with E-state index in [2.05, 4.69) is 10.4 Å². The summed E-state index contributed by atoms with van der Waals surface area (Å²) in [6.45, 7) is 1.20. The number of para-hydroxylation sites is 1. The number of nitrogens with one attached hydrogen (secondary N) is 1. The van der Waals surface area contributed by atoms with Crippen molar-refractivity contribution in [3.05, 3.63) is 77.5 Å². The largest absolute Gasteiger partial charge is 0.455 e. The smallest absolute Gasteiger partial charge is 0.416 e. The Morgan fingerprint density at radius 3 is 2.50 bits per heavy atom. The van der Waals surface area contributed by atoms with Gasteiger partial charge in [0.15, 0.2) is 6.61 Å². The molecular weight excluding hydrogens is 399 g/mol. The number of anilines is 1. The Bertz CT molecular complexity index is 1050. The van der Waals surface area contributed by atoms with Crippen LogP contribution in [-0.2, 0) is 26.9 Å². The van der Waals surface area contributed by atoms with E-state index in [4.69, 9.17) is 4.74 Å². The Labute approximate surface area is 170 Å². The maximum Gasteiger partial charge on any atom is 0.416 e. The van der Waals surface area contributed by atoms with E-state index < -0.39 is 30.2 Å². The van der Waals surface area contributed by atoms with E-state index >= 15 is 0 Å². The van der Waals surface area contributed by atoms with Crippen molar-refractivity contribution in [2.45, 2.75) is 19.5 Å². The third-order valence-corrected chi connectivity index (χ3v) is 4.07. The molecule has 0 spiro atoms. The van der Waals surface area contributed by atoms with Crippen molar-refractivity contribution < 1.29 is 27.5 Å². The van der Waals surface area contributed by atoms with E-state index in [1.54, 1.807) is 13.0 Å². The summed E-state index contributed by atoms with van der Waals surface area (Å²) in [7, 11) is 0. The van der Waals surface area contributed by atoms with Gasteiger partial charge in [-0.1, -0.05) is 36.4 Å². The molecule has 0 atom stereocenters. The number of hydrogen-bond donors (Lipinski definition) is 1. The highest BCUT2D eigenvalue weighted by Gasteiger charge is 2.30. The molecule has 6 nitrogen and oxygen atoms in total. The van der Waals surface area contributed by atoms with Crippen molar-refractivity contribution in [1.82, 2.24) is 9.78 Å². The standard InChI is InChI=1S/C21H18F3N3O3/c1-14-10-18(27(26-14)17-8-3-2-4-9-17)25-19(28)13-30-20(29)12-15-6-5-7-16(11-15)21(22,23)24/h2-11H,12-13H2,1H3,(H,25,28). The third kappa shape index (κ3) is 5.47. The quantitative estimate of drug-likeness (QED) is 0.617. The second-order valence-electron chi connectivity index (χ2n) is 6.50. The molecule has 3 rings (SSSR count). The lowest BCUT2D eigenvalue weighted by Crippen LogP contribution is -2.23. The van der Waals surface area contributed by atoms with Gasteiger partial charge in [0.1, 0.15) is 5.82 Å². The van der Waals surface area contributed by atoms with Crippen LogP contribution >= 0.6 is 0 Å². The van der Waals surface area contributed by atoms with Crippen LogP contribution in [0.15, 0.2) is 60.7 Å². The van der Waals surface area contributed by atoms with Gasteiger partial charge in [0.05, 0.1) is 23.4 Å². The van der Waals surface area contributed by atoms with Crippen LogP contribution in [0.2, 0.25) is 0 Å². The fourth-order valence-electron chi connectivity index (χ4n) is 2.75. The predicted molar refractivity (Wildman–Crippen MR) is 103 cm³/mol. The van der Waals surface area contributed by atoms with Gasteiger partial charge in [-0.3, -0.25) is 9.59 Å². The topological polar surface area (TPSA) is 73.2 Å². The molecule has 0 saturated carbocycles. The maximum absolute atomic E-state index is 12.7. The molecule has 0 saturated heterocycles. The molecule has 1 aromatic heterocycles. The number of carbonyl (C=O) groups excluding carboxylic acids is 2. The van der Waals surface area contributed by atoms with Crippen LogP contribution in [0.5, 0.6) is 0 Å². The minimum atomic E-state index is -4.50. The highest BCUT2D eigenvalue weighted by Crippen LogP contribution is 2.29. The van der Waals surface area contributed by atoms with E-state index in [1.165, 1.54) is 16.8 Å². The molecule has 0 aliphatic heterocycles. The Kier molecular flexibility index (Phi) is 6.20. The predicted octanol–water partition coefficient (Wildman–Crippen LogP) is 3.92. The summed E-state index contributed by atoms with van der Waals surface area (Å²) in [5.41, 5.74) is 0.709. The number of benzene rings is 2. The Morgan fingerprint density at radius 1 is 1.07 bits per heavy atom. The highest BCUT2D eigenvalue weighted by molar-refractivity contribution is 5.92. The van der Waals surface area contributed by atoms with Crippen molar-refractivity contribution in [2.24, 2.45) is 0 Å². The molecule has 0 fully saturated rings. The molecule has 156 valence electrons. The van der Waals surface area contributed by atoms with Gasteiger partial charge >= 0.3 is 12.1 Å².